The smallest absolute Gasteiger partial charge is 0.242 e. The summed E-state index contributed by atoms with van der Waals surface area (Å²) < 4.78 is 27.0. The van der Waals surface area contributed by atoms with Gasteiger partial charge in [0.1, 0.15) is 11.5 Å². The summed E-state index contributed by atoms with van der Waals surface area (Å²) in [6.07, 6.45) is 2.72. The van der Waals surface area contributed by atoms with Crippen LogP contribution in [0.15, 0.2) is 34.1 Å². The fourth-order valence-corrected chi connectivity index (χ4v) is 3.45. The highest BCUT2D eigenvalue weighted by Gasteiger charge is 2.15. The predicted octanol–water partition coefficient (Wildman–Crippen LogP) is 1.27. The van der Waals surface area contributed by atoms with Gasteiger partial charge in [0.15, 0.2) is 0 Å². The second-order valence-corrected chi connectivity index (χ2v) is 6.78. The van der Waals surface area contributed by atoms with E-state index < -0.39 is 10.0 Å². The summed E-state index contributed by atoms with van der Waals surface area (Å²) in [4.78, 5) is 3.92. The van der Waals surface area contributed by atoms with E-state index in [0.717, 1.165) is 11.1 Å². The lowest BCUT2D eigenvalue weighted by Crippen LogP contribution is -2.23. The second-order valence-electron chi connectivity index (χ2n) is 4.27. The molecule has 0 bridgehead atoms. The summed E-state index contributed by atoms with van der Waals surface area (Å²) in [6.45, 7) is 1.89. The van der Waals surface area contributed by atoms with Gasteiger partial charge in [-0.1, -0.05) is 11.8 Å². The average molecular weight is 322 g/mol. The van der Waals surface area contributed by atoms with E-state index in [9.17, 15) is 8.42 Å². The number of aliphatic hydroxyl groups is 1. The molecule has 0 radical (unpaired) electrons. The minimum atomic E-state index is -3.64. The summed E-state index contributed by atoms with van der Waals surface area (Å²) >= 11 is 1.54. The van der Waals surface area contributed by atoms with Gasteiger partial charge in [-0.15, -0.1) is 0 Å². The lowest BCUT2D eigenvalue weighted by Gasteiger charge is -2.06. The van der Waals surface area contributed by atoms with E-state index in [-0.39, 0.29) is 18.0 Å². The van der Waals surface area contributed by atoms with Crippen LogP contribution in [0.3, 0.4) is 0 Å². The zero-order chi connectivity index (χ0) is 15.3. The van der Waals surface area contributed by atoms with Crippen LogP contribution in [0, 0.1) is 18.8 Å². The van der Waals surface area contributed by atoms with Crippen molar-refractivity contribution in [1.29, 1.82) is 0 Å². The van der Waals surface area contributed by atoms with Crippen molar-refractivity contribution in [3.8, 4) is 11.8 Å². The van der Waals surface area contributed by atoms with Crippen molar-refractivity contribution in [2.75, 3.05) is 6.61 Å². The number of pyridine rings is 1. The number of aryl methyl sites for hydroxylation is 1. The summed E-state index contributed by atoms with van der Waals surface area (Å²) in [5.74, 6) is 5.09. The molecule has 2 aromatic heterocycles. The first kappa shape index (κ1) is 15.7. The highest BCUT2D eigenvalue weighted by molar-refractivity contribution is 7.89. The van der Waals surface area contributed by atoms with Gasteiger partial charge >= 0.3 is 0 Å². The van der Waals surface area contributed by atoms with Crippen LogP contribution in [0.2, 0.25) is 0 Å². The monoisotopic (exact) mass is 322 g/mol. The first-order valence-corrected chi connectivity index (χ1v) is 8.51. The molecule has 0 amide bonds. The molecule has 5 nitrogen and oxygen atoms in total. The largest absolute Gasteiger partial charge is 0.384 e. The molecular weight excluding hydrogens is 308 g/mol. The molecule has 2 N–H and O–H groups in total. The van der Waals surface area contributed by atoms with Gasteiger partial charge in [-0.2, -0.15) is 11.3 Å². The van der Waals surface area contributed by atoms with E-state index in [4.69, 9.17) is 5.11 Å². The van der Waals surface area contributed by atoms with Crippen LogP contribution >= 0.6 is 11.3 Å². The summed E-state index contributed by atoms with van der Waals surface area (Å²) in [5.41, 5.74) is 2.45. The average Bonchev–Trinajstić information content (AvgIpc) is 2.89. The molecule has 0 aromatic carbocycles. The van der Waals surface area contributed by atoms with Gasteiger partial charge in [0, 0.05) is 24.5 Å². The normalized spacial score (nSPS) is 11.0. The molecular formula is C14H14N2O3S2. The van der Waals surface area contributed by atoms with Gasteiger partial charge in [0.05, 0.1) is 0 Å². The molecule has 0 aliphatic rings. The van der Waals surface area contributed by atoms with Gasteiger partial charge in [-0.05, 0) is 34.9 Å². The fourth-order valence-electron chi connectivity index (χ4n) is 1.60. The van der Waals surface area contributed by atoms with Crippen LogP contribution in [0.5, 0.6) is 0 Å². The molecule has 0 aliphatic carbocycles. The van der Waals surface area contributed by atoms with Crippen LogP contribution in [-0.4, -0.2) is 25.1 Å². The van der Waals surface area contributed by atoms with Crippen LogP contribution < -0.4 is 4.72 Å². The molecule has 0 saturated heterocycles. The Kier molecular flexibility index (Phi) is 5.09. The number of hydrogen-bond donors (Lipinski definition) is 2. The first-order chi connectivity index (χ1) is 10.0. The highest BCUT2D eigenvalue weighted by Crippen LogP contribution is 2.15. The minimum Gasteiger partial charge on any atom is -0.384 e. The number of hydrogen-bond acceptors (Lipinski definition) is 5. The van der Waals surface area contributed by atoms with Crippen LogP contribution in [0.1, 0.15) is 16.7 Å². The zero-order valence-electron chi connectivity index (χ0n) is 11.3. The van der Waals surface area contributed by atoms with Gasteiger partial charge in [-0.3, -0.25) is 4.98 Å². The Balaban J connectivity index is 2.17. The van der Waals surface area contributed by atoms with Crippen molar-refractivity contribution < 1.29 is 13.5 Å². The Morgan fingerprint density at radius 2 is 2.19 bits per heavy atom. The highest BCUT2D eigenvalue weighted by atomic mass is 32.2. The number of rotatable bonds is 4. The molecule has 2 heterocycles. The van der Waals surface area contributed by atoms with Gasteiger partial charge in [-0.25, -0.2) is 13.1 Å². The van der Waals surface area contributed by atoms with Crippen molar-refractivity contribution in [2.24, 2.45) is 0 Å². The van der Waals surface area contributed by atoms with Crippen LogP contribution in [-0.2, 0) is 16.6 Å². The van der Waals surface area contributed by atoms with Gasteiger partial charge in [0.2, 0.25) is 10.0 Å². The number of sulfonamides is 1. The third-order valence-electron chi connectivity index (χ3n) is 2.75. The van der Waals surface area contributed by atoms with Gasteiger partial charge < -0.3 is 5.11 Å². The van der Waals surface area contributed by atoms with Crippen molar-refractivity contribution >= 4 is 21.4 Å². The lowest BCUT2D eigenvalue weighted by atomic mass is 10.2. The number of thiophene rings is 1. The number of nitrogens with zero attached hydrogens (tertiary/aromatic N) is 1. The van der Waals surface area contributed by atoms with E-state index in [1.807, 2.05) is 17.7 Å². The fraction of sp³-hybridized carbons (Fsp3) is 0.214. The molecule has 0 fully saturated rings. The van der Waals surface area contributed by atoms with Crippen molar-refractivity contribution in [1.82, 2.24) is 9.71 Å². The summed E-state index contributed by atoms with van der Waals surface area (Å²) in [5, 5.41) is 12.5. The quantitative estimate of drug-likeness (QED) is 0.831. The van der Waals surface area contributed by atoms with Crippen LogP contribution in [0.25, 0.3) is 0 Å². The lowest BCUT2D eigenvalue weighted by molar-refractivity contribution is 0.350. The summed E-state index contributed by atoms with van der Waals surface area (Å²) in [6, 6.07) is 1.43. The van der Waals surface area contributed by atoms with Gasteiger partial charge in [0.25, 0.3) is 0 Å². The molecule has 21 heavy (non-hydrogen) atoms. The molecule has 0 atom stereocenters. The first-order valence-electron chi connectivity index (χ1n) is 6.09. The maximum atomic E-state index is 12.2. The van der Waals surface area contributed by atoms with E-state index in [2.05, 4.69) is 21.5 Å². The Labute approximate surface area is 127 Å². The second kappa shape index (κ2) is 6.83. The standard InChI is InChI=1S/C14H14N2O3S2/c1-11-9-20-10-13(11)7-16-21(18,19)14-5-12(3-2-4-17)6-15-8-14/h5-6,8-10,16-17H,4,7H2,1H3. The van der Waals surface area contributed by atoms with Crippen LogP contribution in [0.4, 0.5) is 0 Å². The Bertz CT molecular complexity index is 786. The van der Waals surface area contributed by atoms with E-state index in [0.29, 0.717) is 5.56 Å². The third-order valence-corrected chi connectivity index (χ3v) is 5.03. The number of aliphatic hydroxyl groups excluding tert-OH is 1. The molecule has 0 aliphatic heterocycles. The molecule has 2 rings (SSSR count). The molecule has 0 spiro atoms. The third kappa shape index (κ3) is 4.12. The summed E-state index contributed by atoms with van der Waals surface area (Å²) in [7, 11) is -3.64. The molecule has 0 unspecified atom stereocenters. The molecule has 0 saturated carbocycles. The molecule has 7 heteroatoms. The maximum Gasteiger partial charge on any atom is 0.242 e. The maximum absolute atomic E-state index is 12.2. The van der Waals surface area contributed by atoms with Crippen molar-refractivity contribution in [3.05, 3.63) is 45.9 Å². The van der Waals surface area contributed by atoms with Crippen molar-refractivity contribution in [2.45, 2.75) is 18.4 Å². The van der Waals surface area contributed by atoms with E-state index in [1.54, 1.807) is 0 Å². The Morgan fingerprint density at radius 3 is 2.86 bits per heavy atom. The predicted molar refractivity (Wildman–Crippen MR) is 81.3 cm³/mol. The zero-order valence-corrected chi connectivity index (χ0v) is 13.0. The molecule has 2 aromatic rings. The number of aromatic nitrogens is 1. The molecule has 110 valence electrons. The van der Waals surface area contributed by atoms with E-state index >= 15 is 0 Å². The topological polar surface area (TPSA) is 79.3 Å². The Morgan fingerprint density at radius 1 is 1.38 bits per heavy atom. The Hall–Kier alpha value is -1.72. The number of nitrogens with one attached hydrogen (secondary N) is 1. The van der Waals surface area contributed by atoms with E-state index in [1.165, 1.54) is 29.8 Å². The van der Waals surface area contributed by atoms with Crippen molar-refractivity contribution in [3.63, 3.8) is 0 Å². The SMILES string of the molecule is Cc1cscc1CNS(=O)(=O)c1cncc(C#CCO)c1. The minimum absolute atomic E-state index is 0.0557.